The van der Waals surface area contributed by atoms with E-state index in [9.17, 15) is 13.6 Å². The predicted octanol–water partition coefficient (Wildman–Crippen LogP) is 8.29. The van der Waals surface area contributed by atoms with Crippen molar-refractivity contribution in [1.29, 1.82) is 0 Å². The van der Waals surface area contributed by atoms with Crippen molar-refractivity contribution < 1.29 is 13.6 Å². The molecule has 5 rings (SSSR count). The molecule has 196 valence electrons. The summed E-state index contributed by atoms with van der Waals surface area (Å²) >= 11 is 0. The minimum atomic E-state index is -0.515. The molecule has 2 unspecified atom stereocenters. The van der Waals surface area contributed by atoms with Gasteiger partial charge in [-0.1, -0.05) is 66.3 Å². The molecule has 3 aromatic carbocycles. The number of allylic oxidation sites excluding steroid dienone is 4. The second kappa shape index (κ2) is 12.0. The number of rotatable bonds is 8. The van der Waals surface area contributed by atoms with Crippen LogP contribution in [0.2, 0.25) is 0 Å². The lowest BCUT2D eigenvalue weighted by atomic mass is 9.75. The third-order valence-electron chi connectivity index (χ3n) is 8.03. The molecule has 0 amide bonds. The molecular weight excluding hydrogens is 476 g/mol. The molecule has 2 atom stereocenters. The number of Topliss-reactive ketones (excluding diaryl/α,β-unsaturated/α-hetero) is 1. The lowest BCUT2D eigenvalue weighted by Gasteiger charge is -2.34. The van der Waals surface area contributed by atoms with Gasteiger partial charge in [0.25, 0.3) is 0 Å². The van der Waals surface area contributed by atoms with Crippen molar-refractivity contribution in [2.24, 2.45) is 0 Å². The van der Waals surface area contributed by atoms with Crippen molar-refractivity contribution in [3.63, 3.8) is 0 Å². The van der Waals surface area contributed by atoms with Gasteiger partial charge in [0, 0.05) is 30.5 Å². The lowest BCUT2D eigenvalue weighted by Crippen LogP contribution is -2.34. The second-order valence-corrected chi connectivity index (χ2v) is 10.6. The van der Waals surface area contributed by atoms with Gasteiger partial charge in [-0.2, -0.15) is 0 Å². The molecule has 0 spiro atoms. The first-order valence-corrected chi connectivity index (χ1v) is 13.7. The van der Waals surface area contributed by atoms with Crippen molar-refractivity contribution in [1.82, 2.24) is 5.32 Å². The van der Waals surface area contributed by atoms with E-state index < -0.39 is 11.6 Å². The summed E-state index contributed by atoms with van der Waals surface area (Å²) in [7, 11) is 0. The van der Waals surface area contributed by atoms with Gasteiger partial charge in [0.2, 0.25) is 0 Å². The first-order chi connectivity index (χ1) is 18.5. The van der Waals surface area contributed by atoms with Crippen LogP contribution in [0.5, 0.6) is 0 Å². The molecule has 1 aliphatic carbocycles. The highest BCUT2D eigenvalue weighted by molar-refractivity contribution is 5.96. The van der Waals surface area contributed by atoms with E-state index >= 15 is 0 Å². The smallest absolute Gasteiger partial charge is 0.162 e. The third-order valence-corrected chi connectivity index (χ3v) is 8.03. The number of aryl methyl sites for hydroxylation is 1. The Morgan fingerprint density at radius 2 is 1.76 bits per heavy atom. The molecule has 1 fully saturated rings. The highest BCUT2D eigenvalue weighted by Crippen LogP contribution is 2.40. The van der Waals surface area contributed by atoms with Gasteiger partial charge >= 0.3 is 0 Å². The van der Waals surface area contributed by atoms with E-state index in [-0.39, 0.29) is 17.6 Å². The Balaban J connectivity index is 1.35. The van der Waals surface area contributed by atoms with Gasteiger partial charge < -0.3 is 5.32 Å². The van der Waals surface area contributed by atoms with Crippen molar-refractivity contribution in [2.45, 2.75) is 57.3 Å². The van der Waals surface area contributed by atoms with Crippen LogP contribution in [0.3, 0.4) is 0 Å². The average molecular weight is 512 g/mol. The number of nitrogens with one attached hydrogen (secondary N) is 1. The van der Waals surface area contributed by atoms with Crippen LogP contribution in [0, 0.1) is 18.6 Å². The van der Waals surface area contributed by atoms with Crippen LogP contribution in [-0.4, -0.2) is 18.9 Å². The van der Waals surface area contributed by atoms with Crippen molar-refractivity contribution in [3.05, 3.63) is 124 Å². The fraction of sp³-hybridized carbons (Fsp3) is 0.324. The van der Waals surface area contributed by atoms with Crippen LogP contribution >= 0.6 is 0 Å². The number of carbonyl (C=O) groups is 1. The Morgan fingerprint density at radius 1 is 0.974 bits per heavy atom. The molecule has 1 N–H and O–H groups in total. The number of piperidine rings is 1. The van der Waals surface area contributed by atoms with Crippen LogP contribution in [-0.2, 0) is 0 Å². The fourth-order valence-electron chi connectivity index (χ4n) is 6.13. The molecule has 38 heavy (non-hydrogen) atoms. The van der Waals surface area contributed by atoms with Crippen LogP contribution in [0.1, 0.15) is 83.0 Å². The molecule has 0 saturated carbocycles. The van der Waals surface area contributed by atoms with Crippen molar-refractivity contribution in [3.8, 4) is 0 Å². The minimum absolute atomic E-state index is 0.0671. The number of benzene rings is 3. The lowest BCUT2D eigenvalue weighted by molar-refractivity contribution is 0.0980. The maximum absolute atomic E-state index is 14.0. The summed E-state index contributed by atoms with van der Waals surface area (Å²) in [5.41, 5.74) is 7.82. The highest BCUT2D eigenvalue weighted by atomic mass is 19.1. The van der Waals surface area contributed by atoms with E-state index in [0.717, 1.165) is 62.4 Å². The number of hydrogen-bond donors (Lipinski definition) is 1. The normalized spacial score (nSPS) is 19.6. The van der Waals surface area contributed by atoms with Gasteiger partial charge in [-0.25, -0.2) is 8.78 Å². The Bertz CT molecular complexity index is 1340. The van der Waals surface area contributed by atoms with Gasteiger partial charge in [0.1, 0.15) is 11.6 Å². The molecule has 2 aliphatic rings. The molecule has 1 saturated heterocycles. The zero-order valence-electron chi connectivity index (χ0n) is 22.0. The number of hydrogen-bond acceptors (Lipinski definition) is 2. The summed E-state index contributed by atoms with van der Waals surface area (Å²) in [4.78, 5) is 12.6. The maximum Gasteiger partial charge on any atom is 0.162 e. The maximum atomic E-state index is 14.0. The summed E-state index contributed by atoms with van der Waals surface area (Å²) in [6.45, 7) is 3.76. The summed E-state index contributed by atoms with van der Waals surface area (Å²) < 4.78 is 28.0. The van der Waals surface area contributed by atoms with E-state index in [1.807, 2.05) is 30.3 Å². The SMILES string of the molecule is Cc1cc(C2=C(CCCC(=O)c3ccccc3)CCC=C2)ccc1C1CNCCC1c1cc(F)cc(F)c1. The molecular formula is C34H35F2NO. The zero-order valence-corrected chi connectivity index (χ0v) is 22.0. The quantitative estimate of drug-likeness (QED) is 0.308. The van der Waals surface area contributed by atoms with Gasteiger partial charge in [-0.05, 0) is 91.5 Å². The third kappa shape index (κ3) is 6.02. The van der Waals surface area contributed by atoms with E-state index in [0.29, 0.717) is 6.42 Å². The summed E-state index contributed by atoms with van der Waals surface area (Å²) in [6.07, 6.45) is 9.67. The van der Waals surface area contributed by atoms with Crippen LogP contribution in [0.4, 0.5) is 8.78 Å². The summed E-state index contributed by atoms with van der Waals surface area (Å²) in [5, 5.41) is 3.48. The summed E-state index contributed by atoms with van der Waals surface area (Å²) in [6, 6.07) is 20.1. The topological polar surface area (TPSA) is 29.1 Å². The van der Waals surface area contributed by atoms with E-state index in [1.165, 1.54) is 40.0 Å². The molecule has 4 heteroatoms. The molecule has 0 bridgehead atoms. The molecule has 1 aliphatic heterocycles. The highest BCUT2D eigenvalue weighted by Gasteiger charge is 2.29. The van der Waals surface area contributed by atoms with Gasteiger partial charge in [0.15, 0.2) is 5.78 Å². The number of halogens is 2. The predicted molar refractivity (Wildman–Crippen MR) is 150 cm³/mol. The summed E-state index contributed by atoms with van der Waals surface area (Å²) in [5.74, 6) is -0.610. The first-order valence-electron chi connectivity index (χ1n) is 13.7. The van der Waals surface area contributed by atoms with Crippen LogP contribution in [0.15, 0.2) is 84.5 Å². The fourth-order valence-corrected chi connectivity index (χ4v) is 6.13. The van der Waals surface area contributed by atoms with Gasteiger partial charge in [-0.3, -0.25) is 4.79 Å². The molecule has 3 aromatic rings. The Hall–Kier alpha value is -3.37. The Morgan fingerprint density at radius 3 is 2.53 bits per heavy atom. The molecule has 0 radical (unpaired) electrons. The minimum Gasteiger partial charge on any atom is -0.316 e. The average Bonchev–Trinajstić information content (AvgIpc) is 2.93. The van der Waals surface area contributed by atoms with Crippen molar-refractivity contribution in [2.75, 3.05) is 13.1 Å². The Labute approximate surface area is 224 Å². The molecule has 0 aromatic heterocycles. The van der Waals surface area contributed by atoms with E-state index in [1.54, 1.807) is 0 Å². The van der Waals surface area contributed by atoms with Gasteiger partial charge in [-0.15, -0.1) is 0 Å². The number of ketones is 1. The Kier molecular flexibility index (Phi) is 8.29. The van der Waals surface area contributed by atoms with E-state index in [4.69, 9.17) is 0 Å². The van der Waals surface area contributed by atoms with Crippen LogP contribution in [0.25, 0.3) is 5.57 Å². The largest absolute Gasteiger partial charge is 0.316 e. The monoisotopic (exact) mass is 511 g/mol. The molecule has 1 heterocycles. The number of carbonyl (C=O) groups excluding carboxylic acids is 1. The van der Waals surface area contributed by atoms with Crippen molar-refractivity contribution >= 4 is 11.4 Å². The second-order valence-electron chi connectivity index (χ2n) is 10.6. The van der Waals surface area contributed by atoms with Gasteiger partial charge in [0.05, 0.1) is 0 Å². The van der Waals surface area contributed by atoms with E-state index in [2.05, 4.69) is 42.6 Å². The first kappa shape index (κ1) is 26.2. The molecule has 2 nitrogen and oxygen atoms in total. The zero-order chi connectivity index (χ0) is 26.5. The van der Waals surface area contributed by atoms with Crippen LogP contribution < -0.4 is 5.32 Å². The standard InChI is InChI=1S/C34H35F2NO/c1-23-18-26(31-12-6-5-8-24(31)11-7-13-34(38)25-9-3-2-4-10-25)14-15-30(23)33-22-37-17-16-32(33)27-19-28(35)21-29(36)20-27/h2-4,6,9-10,12,14-15,18-21,32-33,37H,5,7-8,11,13,16-17,22H2,1H3.